The fourth-order valence-corrected chi connectivity index (χ4v) is 3.82. The van der Waals surface area contributed by atoms with E-state index in [9.17, 15) is 10.2 Å². The molecule has 130 valence electrons. The average Bonchev–Trinajstić information content (AvgIpc) is 3.07. The van der Waals surface area contributed by atoms with Gasteiger partial charge in [-0.05, 0) is 42.0 Å². The van der Waals surface area contributed by atoms with Gasteiger partial charge in [-0.2, -0.15) is 0 Å². The molecule has 5 nitrogen and oxygen atoms in total. The molecule has 2 aromatic carbocycles. The number of phenolic OH excluding ortho intramolecular Hbond substituents is 1. The second kappa shape index (κ2) is 6.99. The van der Waals surface area contributed by atoms with E-state index in [1.165, 1.54) is 6.07 Å². The molecule has 0 bridgehead atoms. The number of halogens is 1. The number of aliphatic hydroxyl groups is 1. The molecular weight excluding hydrogens is 370 g/mol. The van der Waals surface area contributed by atoms with Gasteiger partial charge in [0.05, 0.1) is 11.6 Å². The van der Waals surface area contributed by atoms with Crippen molar-refractivity contribution in [3.8, 4) is 17.1 Å². The molecule has 2 aromatic heterocycles. The van der Waals surface area contributed by atoms with Gasteiger partial charge in [0.15, 0.2) is 11.5 Å². The molecule has 0 aliphatic heterocycles. The summed E-state index contributed by atoms with van der Waals surface area (Å²) >= 11 is 7.82. The summed E-state index contributed by atoms with van der Waals surface area (Å²) in [5, 5.41) is 28.2. The van der Waals surface area contributed by atoms with Crippen molar-refractivity contribution in [2.75, 3.05) is 0 Å². The van der Waals surface area contributed by atoms with E-state index in [1.54, 1.807) is 23.9 Å². The fourth-order valence-electron chi connectivity index (χ4n) is 2.66. The van der Waals surface area contributed by atoms with Gasteiger partial charge in [0, 0.05) is 21.6 Å². The second-order valence-corrected chi connectivity index (χ2v) is 7.17. The Kier molecular flexibility index (Phi) is 4.55. The summed E-state index contributed by atoms with van der Waals surface area (Å²) in [7, 11) is 0. The molecule has 0 radical (unpaired) electrons. The lowest BCUT2D eigenvalue weighted by Crippen LogP contribution is -1.92. The number of rotatable bonds is 4. The van der Waals surface area contributed by atoms with Crippen molar-refractivity contribution in [2.45, 2.75) is 16.4 Å². The number of hydrogen-bond acceptors (Lipinski definition) is 5. The predicted octanol–water partition coefficient (Wildman–Crippen LogP) is 4.40. The summed E-state index contributed by atoms with van der Waals surface area (Å²) in [6.07, 6.45) is 1.92. The molecule has 2 N–H and O–H groups in total. The maximum Gasteiger partial charge on any atom is 0.170 e. The maximum absolute atomic E-state index is 9.77. The Morgan fingerprint density at radius 3 is 2.73 bits per heavy atom. The largest absolute Gasteiger partial charge is 0.508 e. The van der Waals surface area contributed by atoms with Gasteiger partial charge in [0.1, 0.15) is 5.75 Å². The van der Waals surface area contributed by atoms with Crippen LogP contribution in [0.4, 0.5) is 0 Å². The molecule has 0 unspecified atom stereocenters. The molecule has 2 heterocycles. The third-order valence-corrected chi connectivity index (χ3v) is 5.36. The van der Waals surface area contributed by atoms with Crippen LogP contribution in [-0.4, -0.2) is 24.8 Å². The zero-order chi connectivity index (χ0) is 18.1. The first-order valence-corrected chi connectivity index (χ1v) is 9.05. The van der Waals surface area contributed by atoms with Gasteiger partial charge in [0.25, 0.3) is 0 Å². The van der Waals surface area contributed by atoms with Crippen LogP contribution >= 0.6 is 23.4 Å². The first-order chi connectivity index (χ1) is 12.7. The van der Waals surface area contributed by atoms with Gasteiger partial charge in [-0.1, -0.05) is 41.6 Å². The van der Waals surface area contributed by atoms with E-state index in [0.29, 0.717) is 22.1 Å². The van der Waals surface area contributed by atoms with Gasteiger partial charge in [0.2, 0.25) is 0 Å². The van der Waals surface area contributed by atoms with Crippen LogP contribution in [0, 0.1) is 0 Å². The molecule has 0 aliphatic carbocycles. The molecule has 0 spiro atoms. The first kappa shape index (κ1) is 16.9. The molecule has 0 saturated heterocycles. The van der Waals surface area contributed by atoms with E-state index in [1.807, 2.05) is 47.0 Å². The Bertz CT molecular complexity index is 1100. The Morgan fingerprint density at radius 2 is 1.88 bits per heavy atom. The van der Waals surface area contributed by atoms with Gasteiger partial charge in [-0.3, -0.25) is 4.40 Å². The number of nitrogens with zero attached hydrogens (tertiary/aromatic N) is 3. The molecule has 7 heteroatoms. The van der Waals surface area contributed by atoms with Crippen molar-refractivity contribution in [3.05, 3.63) is 71.4 Å². The number of aromatic nitrogens is 3. The molecule has 4 aromatic rings. The zero-order valence-corrected chi connectivity index (χ0v) is 15.1. The van der Waals surface area contributed by atoms with Crippen LogP contribution < -0.4 is 0 Å². The number of fused-ring (bicyclic) bond motifs is 1. The highest BCUT2D eigenvalue weighted by Crippen LogP contribution is 2.33. The van der Waals surface area contributed by atoms with Crippen LogP contribution in [-0.2, 0) is 6.61 Å². The Morgan fingerprint density at radius 1 is 1.04 bits per heavy atom. The first-order valence-electron chi connectivity index (χ1n) is 7.86. The van der Waals surface area contributed by atoms with E-state index in [-0.39, 0.29) is 12.4 Å². The van der Waals surface area contributed by atoms with Gasteiger partial charge in [-0.25, -0.2) is 0 Å². The molecule has 4 rings (SSSR count). The minimum Gasteiger partial charge on any atom is -0.508 e. The summed E-state index contributed by atoms with van der Waals surface area (Å²) in [6, 6.07) is 16.3. The zero-order valence-electron chi connectivity index (χ0n) is 13.5. The number of aromatic hydroxyl groups is 1. The number of phenols is 1. The topological polar surface area (TPSA) is 70.7 Å². The summed E-state index contributed by atoms with van der Waals surface area (Å²) in [6.45, 7) is -0.0117. The lowest BCUT2D eigenvalue weighted by molar-refractivity contribution is 0.279. The third-order valence-electron chi connectivity index (χ3n) is 3.94. The highest BCUT2D eigenvalue weighted by molar-refractivity contribution is 7.99. The number of aliphatic hydroxyl groups excluding tert-OH is 1. The third kappa shape index (κ3) is 3.14. The van der Waals surface area contributed by atoms with E-state index >= 15 is 0 Å². The standard InChI is InChI=1S/C19H14ClN3O2S/c20-16-7-5-13(25)9-15(16)19-22-21-18-8-6-14(10-23(18)19)26-17-4-2-1-3-12(17)11-24/h1-10,24-25H,11H2. The Labute approximate surface area is 158 Å². The fraction of sp³-hybridized carbons (Fsp3) is 0.0526. The maximum atomic E-state index is 9.77. The molecule has 0 atom stereocenters. The van der Waals surface area contributed by atoms with Gasteiger partial charge in [-0.15, -0.1) is 10.2 Å². The quantitative estimate of drug-likeness (QED) is 0.546. The van der Waals surface area contributed by atoms with Crippen LogP contribution in [0.25, 0.3) is 17.0 Å². The van der Waals surface area contributed by atoms with E-state index in [4.69, 9.17) is 11.6 Å². The molecule has 0 aliphatic rings. The van der Waals surface area contributed by atoms with Crippen LogP contribution in [0.5, 0.6) is 5.75 Å². The van der Waals surface area contributed by atoms with Gasteiger partial charge >= 0.3 is 0 Å². The van der Waals surface area contributed by atoms with E-state index in [2.05, 4.69) is 10.2 Å². The van der Waals surface area contributed by atoms with E-state index in [0.717, 1.165) is 15.4 Å². The van der Waals surface area contributed by atoms with Gasteiger partial charge < -0.3 is 10.2 Å². The Balaban J connectivity index is 1.79. The molecule has 0 amide bonds. The van der Waals surface area contributed by atoms with Crippen LogP contribution in [0.15, 0.2) is 70.6 Å². The summed E-state index contributed by atoms with van der Waals surface area (Å²) in [5.41, 5.74) is 2.16. The number of pyridine rings is 1. The summed E-state index contributed by atoms with van der Waals surface area (Å²) in [5.74, 6) is 0.669. The van der Waals surface area contributed by atoms with Crippen molar-refractivity contribution >= 4 is 29.0 Å². The van der Waals surface area contributed by atoms with Crippen LogP contribution in [0.2, 0.25) is 5.02 Å². The smallest absolute Gasteiger partial charge is 0.170 e. The molecule has 0 fully saturated rings. The second-order valence-electron chi connectivity index (χ2n) is 5.65. The number of benzene rings is 2. The van der Waals surface area contributed by atoms with Crippen molar-refractivity contribution in [3.63, 3.8) is 0 Å². The normalized spacial score (nSPS) is 11.2. The van der Waals surface area contributed by atoms with Crippen molar-refractivity contribution in [1.82, 2.24) is 14.6 Å². The van der Waals surface area contributed by atoms with Crippen LogP contribution in [0.3, 0.4) is 0 Å². The highest BCUT2D eigenvalue weighted by atomic mass is 35.5. The number of hydrogen-bond donors (Lipinski definition) is 2. The predicted molar refractivity (Wildman–Crippen MR) is 102 cm³/mol. The SMILES string of the molecule is OCc1ccccc1Sc1ccc2nnc(-c3cc(O)ccc3Cl)n2c1. The summed E-state index contributed by atoms with van der Waals surface area (Å²) in [4.78, 5) is 1.95. The Hall–Kier alpha value is -2.54. The molecule has 26 heavy (non-hydrogen) atoms. The minimum absolute atomic E-state index is 0.0117. The lowest BCUT2D eigenvalue weighted by Gasteiger charge is -2.08. The van der Waals surface area contributed by atoms with Crippen molar-refractivity contribution in [1.29, 1.82) is 0 Å². The van der Waals surface area contributed by atoms with Crippen molar-refractivity contribution in [2.24, 2.45) is 0 Å². The molecule has 0 saturated carbocycles. The van der Waals surface area contributed by atoms with E-state index < -0.39 is 0 Å². The summed E-state index contributed by atoms with van der Waals surface area (Å²) < 4.78 is 1.84. The monoisotopic (exact) mass is 383 g/mol. The molecular formula is C19H14ClN3O2S. The van der Waals surface area contributed by atoms with Crippen molar-refractivity contribution < 1.29 is 10.2 Å². The lowest BCUT2D eigenvalue weighted by atomic mass is 10.2. The highest BCUT2D eigenvalue weighted by Gasteiger charge is 2.13. The minimum atomic E-state index is -0.0117. The average molecular weight is 384 g/mol. The van der Waals surface area contributed by atoms with Crippen LogP contribution in [0.1, 0.15) is 5.56 Å².